The normalized spacial score (nSPS) is 23.4. The summed E-state index contributed by atoms with van der Waals surface area (Å²) in [6.45, 7) is 10.3. The second-order valence-corrected chi connectivity index (χ2v) is 12.6. The minimum absolute atomic E-state index is 0.0400. The van der Waals surface area contributed by atoms with Crippen LogP contribution in [0.1, 0.15) is 80.1 Å². The van der Waals surface area contributed by atoms with Crippen molar-refractivity contribution in [1.29, 1.82) is 0 Å². The number of nitrogens with zero attached hydrogens (tertiary/aromatic N) is 1. The summed E-state index contributed by atoms with van der Waals surface area (Å²) in [6.07, 6.45) is 5.33. The van der Waals surface area contributed by atoms with Gasteiger partial charge in [0.05, 0.1) is 32.0 Å². The molecule has 2 aromatic carbocycles. The van der Waals surface area contributed by atoms with Crippen LogP contribution in [0.2, 0.25) is 6.32 Å². The van der Waals surface area contributed by atoms with Gasteiger partial charge in [0.25, 0.3) is 0 Å². The predicted molar refractivity (Wildman–Crippen MR) is 167 cm³/mol. The summed E-state index contributed by atoms with van der Waals surface area (Å²) in [5, 5.41) is 0. The monoisotopic (exact) mass is 585 g/mol. The molecule has 2 fully saturated rings. The summed E-state index contributed by atoms with van der Waals surface area (Å²) in [5.74, 6) is 0.0466. The van der Waals surface area contributed by atoms with Crippen molar-refractivity contribution in [3.8, 4) is 5.75 Å². The van der Waals surface area contributed by atoms with Crippen LogP contribution in [-0.4, -0.2) is 43.5 Å². The van der Waals surface area contributed by atoms with Gasteiger partial charge in [-0.1, -0.05) is 87.9 Å². The fourth-order valence-electron chi connectivity index (χ4n) is 7.20. The second-order valence-electron chi connectivity index (χ2n) is 12.6. The van der Waals surface area contributed by atoms with Crippen molar-refractivity contribution in [3.63, 3.8) is 0 Å². The highest BCUT2D eigenvalue weighted by Gasteiger charge is 2.58. The first kappa shape index (κ1) is 31.2. The van der Waals surface area contributed by atoms with Gasteiger partial charge in [0, 0.05) is 17.7 Å². The number of fused-ring (bicyclic) bond motifs is 1. The number of hydrogen-bond donors (Lipinski definition) is 0. The van der Waals surface area contributed by atoms with Crippen LogP contribution in [0.25, 0.3) is 0 Å². The van der Waals surface area contributed by atoms with Gasteiger partial charge in [0.1, 0.15) is 6.61 Å². The Balaban J connectivity index is 1.44. The molecule has 0 spiro atoms. The maximum atomic E-state index is 12.9. The molecular weight excluding hydrogens is 541 g/mol. The largest absolute Gasteiger partial charge is 0.486 e. The van der Waals surface area contributed by atoms with Gasteiger partial charge in [-0.25, -0.2) is 9.78 Å². The summed E-state index contributed by atoms with van der Waals surface area (Å²) in [5.41, 5.74) is 2.85. The van der Waals surface area contributed by atoms with E-state index in [0.29, 0.717) is 31.2 Å². The third-order valence-corrected chi connectivity index (χ3v) is 9.32. The number of carbonyl (C=O) groups excluding carboxylic acids is 1. The van der Waals surface area contributed by atoms with Gasteiger partial charge in [0.15, 0.2) is 11.4 Å². The molecule has 1 aromatic heterocycles. The minimum Gasteiger partial charge on any atom is -0.486 e. The summed E-state index contributed by atoms with van der Waals surface area (Å²) in [6, 6.07) is 21.9. The number of rotatable bonds is 12. The van der Waals surface area contributed by atoms with Crippen molar-refractivity contribution in [1.82, 2.24) is 4.98 Å². The van der Waals surface area contributed by atoms with Crippen LogP contribution >= 0.6 is 0 Å². The molecule has 43 heavy (non-hydrogen) atoms. The number of pyridine rings is 1. The molecule has 3 aromatic rings. The zero-order valence-electron chi connectivity index (χ0n) is 26.1. The highest BCUT2D eigenvalue weighted by Crippen LogP contribution is 2.54. The summed E-state index contributed by atoms with van der Waals surface area (Å²) >= 11 is 0. The average molecular weight is 586 g/mol. The van der Waals surface area contributed by atoms with Crippen molar-refractivity contribution in [3.05, 3.63) is 95.3 Å². The van der Waals surface area contributed by atoms with E-state index in [-0.39, 0.29) is 35.3 Å². The molecule has 1 saturated heterocycles. The first-order chi connectivity index (χ1) is 20.7. The minimum atomic E-state index is -0.547. The number of benzene rings is 2. The highest BCUT2D eigenvalue weighted by atomic mass is 16.7. The topological polar surface area (TPSA) is 76.1 Å². The molecule has 1 aliphatic heterocycles. The zero-order chi connectivity index (χ0) is 30.5. The molecule has 0 N–H and O–H groups in total. The third kappa shape index (κ3) is 6.98. The molecule has 7 nitrogen and oxygen atoms in total. The Hall–Kier alpha value is -3.20. The number of ether oxygens (including phenoxy) is 3. The van der Waals surface area contributed by atoms with Crippen LogP contribution in [0, 0.1) is 11.3 Å². The van der Waals surface area contributed by atoms with Gasteiger partial charge in [-0.3, -0.25) is 0 Å². The van der Waals surface area contributed by atoms with Crippen LogP contribution in [0.5, 0.6) is 5.75 Å². The first-order valence-electron chi connectivity index (χ1n) is 15.4. The van der Waals surface area contributed by atoms with E-state index in [1.54, 1.807) is 6.20 Å². The molecule has 4 atom stereocenters. The molecule has 228 valence electrons. The van der Waals surface area contributed by atoms with Crippen LogP contribution in [-0.2, 0) is 32.0 Å². The molecule has 0 amide bonds. The number of carbonyl (C=O) groups is 1. The lowest BCUT2D eigenvalue weighted by Crippen LogP contribution is -2.54. The van der Waals surface area contributed by atoms with Crippen LogP contribution in [0.3, 0.4) is 0 Å². The van der Waals surface area contributed by atoms with Crippen molar-refractivity contribution in [2.75, 3.05) is 13.7 Å². The molecule has 0 bridgehead atoms. The molecule has 0 radical (unpaired) electrons. The van der Waals surface area contributed by atoms with E-state index >= 15 is 0 Å². The Morgan fingerprint density at radius 1 is 1.02 bits per heavy atom. The summed E-state index contributed by atoms with van der Waals surface area (Å²) in [7, 11) is 0.937. The van der Waals surface area contributed by atoms with Crippen molar-refractivity contribution in [2.24, 2.45) is 11.3 Å². The molecule has 5 rings (SSSR count). The molecule has 1 saturated carbocycles. The fourth-order valence-corrected chi connectivity index (χ4v) is 7.20. The smallest absolute Gasteiger partial charge is 0.458 e. The van der Waals surface area contributed by atoms with Gasteiger partial charge in [-0.15, -0.1) is 0 Å². The molecule has 8 heteroatoms. The van der Waals surface area contributed by atoms with Crippen molar-refractivity contribution >= 4 is 13.1 Å². The van der Waals surface area contributed by atoms with Crippen LogP contribution < -0.4 is 4.74 Å². The second kappa shape index (κ2) is 13.6. The van der Waals surface area contributed by atoms with Crippen LogP contribution in [0.15, 0.2) is 72.9 Å². The average Bonchev–Trinajstić information content (AvgIpc) is 3.34. The predicted octanol–water partition coefficient (Wildman–Crippen LogP) is 7.26. The summed E-state index contributed by atoms with van der Waals surface area (Å²) < 4.78 is 31.3. The molecule has 2 aliphatic rings. The van der Waals surface area contributed by atoms with Gasteiger partial charge in [0.2, 0.25) is 0 Å². The number of aromatic nitrogens is 1. The van der Waals surface area contributed by atoms with E-state index in [9.17, 15) is 4.79 Å². The van der Waals surface area contributed by atoms with E-state index in [1.165, 1.54) is 7.11 Å². The van der Waals surface area contributed by atoms with Gasteiger partial charge < -0.3 is 23.5 Å². The van der Waals surface area contributed by atoms with Crippen molar-refractivity contribution in [2.45, 2.75) is 84.1 Å². The van der Waals surface area contributed by atoms with Crippen molar-refractivity contribution < 1.29 is 28.3 Å². The summed E-state index contributed by atoms with van der Waals surface area (Å²) in [4.78, 5) is 17.2. The standard InChI is InChI=1S/C35H44BNO6/c1-6-29-34(2,3)19-17-30-35(29,4)43-36(42-30)21-27(24-40-22-25-13-9-7-10-14-25)28-18-20-37-31(33(38)39-5)32(28)41-23-26-15-11-8-12-16-26/h7-16,18,20,27,29-30H,6,17,19,21-24H2,1-5H3. The van der Waals surface area contributed by atoms with E-state index < -0.39 is 13.1 Å². The van der Waals surface area contributed by atoms with Gasteiger partial charge >= 0.3 is 13.1 Å². The SMILES string of the molecule is CCC1C(C)(C)CCC2OB(CC(COCc3ccccc3)c3ccnc(C(=O)OC)c3OCc3ccccc3)OC21C. The van der Waals surface area contributed by atoms with Gasteiger partial charge in [-0.05, 0) is 54.6 Å². The van der Waals surface area contributed by atoms with E-state index in [1.807, 2.05) is 66.7 Å². The maximum Gasteiger partial charge on any atom is 0.458 e. The lowest BCUT2D eigenvalue weighted by molar-refractivity contribution is -0.0933. The van der Waals surface area contributed by atoms with E-state index in [0.717, 1.165) is 36.0 Å². The Kier molecular flexibility index (Phi) is 9.90. The van der Waals surface area contributed by atoms with E-state index in [2.05, 4.69) is 32.7 Å². The molecule has 1 aliphatic carbocycles. The molecule has 2 heterocycles. The maximum absolute atomic E-state index is 12.9. The zero-order valence-corrected chi connectivity index (χ0v) is 26.1. The Morgan fingerprint density at radius 3 is 2.35 bits per heavy atom. The number of methoxy groups -OCH3 is 1. The van der Waals surface area contributed by atoms with E-state index in [4.69, 9.17) is 23.5 Å². The Bertz CT molecular complexity index is 1350. The Morgan fingerprint density at radius 2 is 1.70 bits per heavy atom. The highest BCUT2D eigenvalue weighted by molar-refractivity contribution is 6.45. The lowest BCUT2D eigenvalue weighted by atomic mass is 9.60. The first-order valence-corrected chi connectivity index (χ1v) is 15.4. The van der Waals surface area contributed by atoms with Gasteiger partial charge in [-0.2, -0.15) is 0 Å². The fraction of sp³-hybridized carbons (Fsp3) is 0.486. The quantitative estimate of drug-likeness (QED) is 0.164. The Labute approximate surface area is 256 Å². The van der Waals surface area contributed by atoms with Crippen LogP contribution in [0.4, 0.5) is 0 Å². The molecular formula is C35H44BNO6. The number of esters is 1. The number of hydrogen-bond acceptors (Lipinski definition) is 7. The molecule has 4 unspecified atom stereocenters. The lowest BCUT2D eigenvalue weighted by Gasteiger charge is -2.51. The third-order valence-electron chi connectivity index (χ3n) is 9.32.